The normalized spacial score (nSPS) is 21.3. The molecule has 1 heterocycles. The summed E-state index contributed by atoms with van der Waals surface area (Å²) in [6.45, 7) is 5.76. The molecule has 0 aliphatic carbocycles. The molecule has 1 aliphatic rings. The Kier molecular flexibility index (Phi) is 2.97. The van der Waals surface area contributed by atoms with Gasteiger partial charge in [-0.2, -0.15) is 0 Å². The van der Waals surface area contributed by atoms with Crippen LogP contribution in [0.1, 0.15) is 22.7 Å². The van der Waals surface area contributed by atoms with Gasteiger partial charge in [0.05, 0.1) is 0 Å². The number of likely N-dealkylation sites (N-methyl/N-ethyl adjacent to an activating group) is 1. The van der Waals surface area contributed by atoms with Gasteiger partial charge in [-0.1, -0.05) is 23.8 Å². The minimum absolute atomic E-state index is 0.167. The number of carbonyl (C=O) groups excluding carboxylic acids is 1. The zero-order valence-corrected chi connectivity index (χ0v) is 10.1. The van der Waals surface area contributed by atoms with Gasteiger partial charge in [-0.3, -0.25) is 4.79 Å². The number of hydrogen-bond donors (Lipinski definition) is 1. The molecule has 1 aromatic carbocycles. The maximum atomic E-state index is 12.1. The predicted octanol–water partition coefficient (Wildman–Crippen LogP) is 1.41. The summed E-state index contributed by atoms with van der Waals surface area (Å²) in [5.41, 5.74) is 3.48. The van der Waals surface area contributed by atoms with E-state index >= 15 is 0 Å². The van der Waals surface area contributed by atoms with Crippen LogP contribution >= 0.6 is 0 Å². The monoisotopic (exact) mass is 218 g/mol. The minimum Gasteiger partial charge on any atom is -0.343 e. The summed E-state index contributed by atoms with van der Waals surface area (Å²) >= 11 is 0. The molecule has 1 atom stereocenters. The zero-order valence-electron chi connectivity index (χ0n) is 10.1. The number of benzene rings is 1. The van der Waals surface area contributed by atoms with Gasteiger partial charge in [-0.25, -0.2) is 0 Å². The van der Waals surface area contributed by atoms with Crippen LogP contribution < -0.4 is 5.32 Å². The Bertz CT molecular complexity index is 414. The van der Waals surface area contributed by atoms with E-state index in [1.807, 2.05) is 7.05 Å². The van der Waals surface area contributed by atoms with Crippen LogP contribution in [0.15, 0.2) is 18.2 Å². The fourth-order valence-electron chi connectivity index (χ4n) is 2.11. The van der Waals surface area contributed by atoms with E-state index in [-0.39, 0.29) is 11.9 Å². The molecule has 86 valence electrons. The van der Waals surface area contributed by atoms with Gasteiger partial charge in [0.25, 0.3) is 0 Å². The smallest absolute Gasteiger partial charge is 0.244 e. The highest BCUT2D eigenvalue weighted by molar-refractivity contribution is 5.84. The average molecular weight is 218 g/mol. The lowest BCUT2D eigenvalue weighted by Gasteiger charge is -2.31. The molecule has 1 aliphatic heterocycles. The minimum atomic E-state index is -0.168. The zero-order chi connectivity index (χ0) is 11.7. The molecule has 1 saturated heterocycles. The number of hydrogen-bond acceptors (Lipinski definition) is 2. The van der Waals surface area contributed by atoms with Crippen molar-refractivity contribution >= 4 is 5.91 Å². The Morgan fingerprint density at radius 2 is 2.12 bits per heavy atom. The molecule has 0 aromatic heterocycles. The number of nitrogens with zero attached hydrogens (tertiary/aromatic N) is 1. The van der Waals surface area contributed by atoms with Crippen LogP contribution in [0.3, 0.4) is 0 Å². The fraction of sp³-hybridized carbons (Fsp3) is 0.462. The quantitative estimate of drug-likeness (QED) is 0.773. The van der Waals surface area contributed by atoms with E-state index in [9.17, 15) is 4.79 Å². The summed E-state index contributed by atoms with van der Waals surface area (Å²) in [5.74, 6) is 0.167. The van der Waals surface area contributed by atoms with Crippen LogP contribution in [-0.4, -0.2) is 30.9 Å². The second kappa shape index (κ2) is 4.26. The molecular weight excluding hydrogens is 200 g/mol. The highest BCUT2D eigenvalue weighted by atomic mass is 16.2. The summed E-state index contributed by atoms with van der Waals surface area (Å²) in [6.07, 6.45) is 0. The van der Waals surface area contributed by atoms with E-state index in [0.717, 1.165) is 18.7 Å². The lowest BCUT2D eigenvalue weighted by atomic mass is 9.97. The number of rotatable bonds is 1. The van der Waals surface area contributed by atoms with E-state index in [1.165, 1.54) is 11.1 Å². The molecule has 0 saturated carbocycles. The van der Waals surface area contributed by atoms with E-state index in [0.29, 0.717) is 0 Å². The third-order valence-corrected chi connectivity index (χ3v) is 3.16. The molecule has 3 heteroatoms. The van der Waals surface area contributed by atoms with E-state index in [2.05, 4.69) is 37.4 Å². The molecule has 2 rings (SSSR count). The van der Waals surface area contributed by atoms with E-state index in [4.69, 9.17) is 0 Å². The molecule has 16 heavy (non-hydrogen) atoms. The molecule has 1 amide bonds. The maximum Gasteiger partial charge on any atom is 0.244 e. The first-order valence-electron chi connectivity index (χ1n) is 5.65. The van der Waals surface area contributed by atoms with Crippen LogP contribution in [-0.2, 0) is 4.79 Å². The molecule has 1 unspecified atom stereocenters. The molecular formula is C13H18N2O. The third kappa shape index (κ3) is 1.95. The summed E-state index contributed by atoms with van der Waals surface area (Å²) in [7, 11) is 1.86. The van der Waals surface area contributed by atoms with Crippen LogP contribution in [0.4, 0.5) is 0 Å². The standard InChI is InChI=1S/C13H18N2O/c1-9-4-5-10(2)11(8-9)12-13(16)15(3)7-6-14-12/h4-5,8,12,14H,6-7H2,1-3H3. The molecule has 1 fully saturated rings. The molecule has 3 nitrogen and oxygen atoms in total. The Hall–Kier alpha value is -1.35. The van der Waals surface area contributed by atoms with Crippen LogP contribution in [0.2, 0.25) is 0 Å². The van der Waals surface area contributed by atoms with Crippen molar-refractivity contribution in [3.63, 3.8) is 0 Å². The topological polar surface area (TPSA) is 32.3 Å². The fourth-order valence-corrected chi connectivity index (χ4v) is 2.11. The van der Waals surface area contributed by atoms with Crippen LogP contribution in [0.5, 0.6) is 0 Å². The summed E-state index contributed by atoms with van der Waals surface area (Å²) in [5, 5.41) is 3.29. The summed E-state index contributed by atoms with van der Waals surface area (Å²) in [6, 6.07) is 6.09. The number of carbonyl (C=O) groups is 1. The SMILES string of the molecule is Cc1ccc(C)c(C2NCCN(C)C2=O)c1. The third-order valence-electron chi connectivity index (χ3n) is 3.16. The van der Waals surface area contributed by atoms with E-state index < -0.39 is 0 Å². The first-order valence-corrected chi connectivity index (χ1v) is 5.65. The Morgan fingerprint density at radius 3 is 2.88 bits per heavy atom. The number of aryl methyl sites for hydroxylation is 2. The number of amides is 1. The second-order valence-electron chi connectivity index (χ2n) is 4.51. The van der Waals surface area contributed by atoms with Crippen molar-refractivity contribution in [3.8, 4) is 0 Å². The lowest BCUT2D eigenvalue weighted by Crippen LogP contribution is -2.48. The van der Waals surface area contributed by atoms with Crippen molar-refractivity contribution in [2.24, 2.45) is 0 Å². The van der Waals surface area contributed by atoms with Gasteiger partial charge >= 0.3 is 0 Å². The molecule has 0 spiro atoms. The largest absolute Gasteiger partial charge is 0.343 e. The van der Waals surface area contributed by atoms with Crippen LogP contribution in [0.25, 0.3) is 0 Å². The number of piperazine rings is 1. The average Bonchev–Trinajstić information content (AvgIpc) is 2.26. The van der Waals surface area contributed by atoms with Crippen molar-refractivity contribution in [1.82, 2.24) is 10.2 Å². The molecule has 1 N–H and O–H groups in total. The van der Waals surface area contributed by atoms with Crippen LogP contribution in [0, 0.1) is 13.8 Å². The van der Waals surface area contributed by atoms with Gasteiger partial charge in [-0.15, -0.1) is 0 Å². The predicted molar refractivity (Wildman–Crippen MR) is 64.3 cm³/mol. The summed E-state index contributed by atoms with van der Waals surface area (Å²) < 4.78 is 0. The molecule has 0 radical (unpaired) electrons. The van der Waals surface area contributed by atoms with Gasteiger partial charge in [0, 0.05) is 20.1 Å². The van der Waals surface area contributed by atoms with Gasteiger partial charge < -0.3 is 10.2 Å². The van der Waals surface area contributed by atoms with Gasteiger partial charge in [0.1, 0.15) is 6.04 Å². The lowest BCUT2D eigenvalue weighted by molar-refractivity contribution is -0.134. The van der Waals surface area contributed by atoms with Gasteiger partial charge in [0.15, 0.2) is 0 Å². The highest BCUT2D eigenvalue weighted by Crippen LogP contribution is 2.22. The Morgan fingerprint density at radius 1 is 1.38 bits per heavy atom. The van der Waals surface area contributed by atoms with Crippen molar-refractivity contribution in [1.29, 1.82) is 0 Å². The Balaban J connectivity index is 2.35. The van der Waals surface area contributed by atoms with Crippen molar-refractivity contribution in [2.45, 2.75) is 19.9 Å². The Labute approximate surface area is 96.5 Å². The first-order chi connectivity index (χ1) is 7.59. The molecule has 0 bridgehead atoms. The summed E-state index contributed by atoms with van der Waals surface area (Å²) in [4.78, 5) is 13.8. The van der Waals surface area contributed by atoms with Gasteiger partial charge in [-0.05, 0) is 25.0 Å². The van der Waals surface area contributed by atoms with Crippen molar-refractivity contribution in [2.75, 3.05) is 20.1 Å². The maximum absolute atomic E-state index is 12.1. The van der Waals surface area contributed by atoms with Crippen molar-refractivity contribution in [3.05, 3.63) is 34.9 Å². The number of nitrogens with one attached hydrogen (secondary N) is 1. The highest BCUT2D eigenvalue weighted by Gasteiger charge is 2.28. The first kappa shape index (κ1) is 11.1. The van der Waals surface area contributed by atoms with Crippen molar-refractivity contribution < 1.29 is 4.79 Å². The van der Waals surface area contributed by atoms with Gasteiger partial charge in [0.2, 0.25) is 5.91 Å². The molecule has 1 aromatic rings. The second-order valence-corrected chi connectivity index (χ2v) is 4.51. The van der Waals surface area contributed by atoms with E-state index in [1.54, 1.807) is 4.90 Å².